The predicted molar refractivity (Wildman–Crippen MR) is 72.3 cm³/mol. The molecule has 0 aliphatic carbocycles. The van der Waals surface area contributed by atoms with Gasteiger partial charge in [0, 0.05) is 0 Å². The molecule has 3 aromatic rings. The van der Waals surface area contributed by atoms with E-state index >= 15 is 0 Å². The van der Waals surface area contributed by atoms with E-state index in [1.807, 2.05) is 0 Å². The first-order chi connectivity index (χ1) is 9.84. The van der Waals surface area contributed by atoms with E-state index in [-0.39, 0.29) is 32.9 Å². The summed E-state index contributed by atoms with van der Waals surface area (Å²) in [6, 6.07) is 6.01. The summed E-state index contributed by atoms with van der Waals surface area (Å²) >= 11 is 11.7. The number of nitrogens with zero attached hydrogens (tertiary/aromatic N) is 2. The maximum atomic E-state index is 12.7. The Morgan fingerprint density at radius 3 is 2.48 bits per heavy atom. The lowest BCUT2D eigenvalue weighted by Gasteiger charge is -2.04. The number of pyridine rings is 1. The number of alkyl halides is 3. The van der Waals surface area contributed by atoms with Crippen molar-refractivity contribution in [2.45, 2.75) is 6.18 Å². The average molecular weight is 333 g/mol. The number of rotatable bonds is 1. The van der Waals surface area contributed by atoms with Gasteiger partial charge >= 0.3 is 6.18 Å². The second-order valence-electron chi connectivity index (χ2n) is 4.16. The molecule has 0 spiro atoms. The number of hydrogen-bond acceptors (Lipinski definition) is 3. The number of oxazole rings is 1. The molecule has 21 heavy (non-hydrogen) atoms. The largest absolute Gasteiger partial charge is 0.435 e. The van der Waals surface area contributed by atoms with Gasteiger partial charge in [0.1, 0.15) is 16.4 Å². The zero-order chi connectivity index (χ0) is 15.2. The summed E-state index contributed by atoms with van der Waals surface area (Å²) in [5.41, 5.74) is -0.359. The molecule has 0 amide bonds. The molecule has 0 atom stereocenters. The van der Waals surface area contributed by atoms with Crippen molar-refractivity contribution in [3.05, 3.63) is 46.1 Å². The third-order valence-corrected chi connectivity index (χ3v) is 3.24. The van der Waals surface area contributed by atoms with Crippen LogP contribution in [0.15, 0.2) is 34.7 Å². The predicted octanol–water partition coefficient (Wildman–Crippen LogP) is 5.22. The topological polar surface area (TPSA) is 38.9 Å². The lowest BCUT2D eigenvalue weighted by atomic mass is 10.2. The summed E-state index contributed by atoms with van der Waals surface area (Å²) in [6.45, 7) is 0. The van der Waals surface area contributed by atoms with Gasteiger partial charge in [-0.3, -0.25) is 0 Å². The molecule has 0 N–H and O–H groups in total. The minimum atomic E-state index is -4.45. The number of fused-ring (bicyclic) bond motifs is 1. The van der Waals surface area contributed by atoms with E-state index in [1.165, 1.54) is 18.2 Å². The van der Waals surface area contributed by atoms with Crippen molar-refractivity contribution in [2.75, 3.05) is 0 Å². The quantitative estimate of drug-likeness (QED) is 0.574. The first-order valence-corrected chi connectivity index (χ1v) is 6.40. The van der Waals surface area contributed by atoms with Crippen molar-refractivity contribution in [3.8, 4) is 11.6 Å². The molecule has 0 fully saturated rings. The van der Waals surface area contributed by atoms with Crippen molar-refractivity contribution in [1.82, 2.24) is 9.97 Å². The van der Waals surface area contributed by atoms with E-state index in [2.05, 4.69) is 9.97 Å². The Kier molecular flexibility index (Phi) is 3.30. The summed E-state index contributed by atoms with van der Waals surface area (Å²) in [5.74, 6) is 0.0109. The monoisotopic (exact) mass is 332 g/mol. The molecular formula is C13H5Cl2F3N2O. The van der Waals surface area contributed by atoms with Crippen LogP contribution in [0.3, 0.4) is 0 Å². The maximum absolute atomic E-state index is 12.7. The van der Waals surface area contributed by atoms with Gasteiger partial charge in [-0.2, -0.15) is 13.2 Å². The second kappa shape index (κ2) is 4.89. The smallest absolute Gasteiger partial charge is 0.416 e. The molecule has 2 heterocycles. The number of halogens is 5. The van der Waals surface area contributed by atoms with Crippen LogP contribution in [0.5, 0.6) is 0 Å². The molecule has 0 saturated heterocycles. The summed E-state index contributed by atoms with van der Waals surface area (Å²) < 4.78 is 43.3. The Morgan fingerprint density at radius 1 is 1.00 bits per heavy atom. The molecule has 0 radical (unpaired) electrons. The van der Waals surface area contributed by atoms with Crippen molar-refractivity contribution in [3.63, 3.8) is 0 Å². The molecule has 2 aromatic heterocycles. The highest BCUT2D eigenvalue weighted by Gasteiger charge is 2.31. The summed E-state index contributed by atoms with van der Waals surface area (Å²) in [5, 5.41) is 0.412. The zero-order valence-electron chi connectivity index (χ0n) is 10.1. The molecule has 3 rings (SSSR count). The van der Waals surface area contributed by atoms with Crippen LogP contribution in [0.2, 0.25) is 10.2 Å². The van der Waals surface area contributed by atoms with Crippen LogP contribution in [-0.2, 0) is 6.18 Å². The van der Waals surface area contributed by atoms with E-state index in [1.54, 1.807) is 0 Å². The average Bonchev–Trinajstić information content (AvgIpc) is 2.83. The fourth-order valence-corrected chi connectivity index (χ4v) is 2.11. The fraction of sp³-hybridized carbons (Fsp3) is 0.0769. The third kappa shape index (κ3) is 2.69. The van der Waals surface area contributed by atoms with Crippen LogP contribution in [-0.4, -0.2) is 9.97 Å². The molecule has 108 valence electrons. The molecule has 8 heteroatoms. The molecule has 0 unspecified atom stereocenters. The summed E-state index contributed by atoms with van der Waals surface area (Å²) in [6.07, 6.45) is -4.45. The van der Waals surface area contributed by atoms with Crippen LogP contribution < -0.4 is 0 Å². The Bertz CT molecular complexity index is 830. The minimum Gasteiger partial charge on any atom is -0.435 e. The van der Waals surface area contributed by atoms with E-state index in [4.69, 9.17) is 27.6 Å². The molecule has 0 aliphatic heterocycles. The third-order valence-electron chi connectivity index (χ3n) is 2.73. The van der Waals surface area contributed by atoms with E-state index in [0.717, 1.165) is 12.1 Å². The number of hydrogen-bond donors (Lipinski definition) is 0. The second-order valence-corrected chi connectivity index (χ2v) is 4.96. The highest BCUT2D eigenvalue weighted by molar-refractivity contribution is 6.34. The van der Waals surface area contributed by atoms with Crippen molar-refractivity contribution >= 4 is 34.3 Å². The van der Waals surface area contributed by atoms with Crippen LogP contribution in [0, 0.1) is 0 Å². The Morgan fingerprint density at radius 2 is 1.76 bits per heavy atom. The number of benzene rings is 1. The van der Waals surface area contributed by atoms with Gasteiger partial charge in [0.25, 0.3) is 0 Å². The molecule has 0 aliphatic rings. The molecule has 3 nitrogen and oxygen atoms in total. The normalized spacial score (nSPS) is 12.0. The van der Waals surface area contributed by atoms with Gasteiger partial charge in [-0.05, 0) is 30.3 Å². The van der Waals surface area contributed by atoms with Crippen LogP contribution >= 0.6 is 23.2 Å². The van der Waals surface area contributed by atoms with E-state index in [0.29, 0.717) is 0 Å². The van der Waals surface area contributed by atoms with Gasteiger partial charge < -0.3 is 4.42 Å². The Hall–Kier alpha value is -1.79. The van der Waals surface area contributed by atoms with Crippen molar-refractivity contribution < 1.29 is 17.6 Å². The summed E-state index contributed by atoms with van der Waals surface area (Å²) in [7, 11) is 0. The highest BCUT2D eigenvalue weighted by atomic mass is 35.5. The van der Waals surface area contributed by atoms with Gasteiger partial charge in [-0.25, -0.2) is 9.97 Å². The van der Waals surface area contributed by atoms with Gasteiger partial charge in [0.05, 0.1) is 10.6 Å². The molecule has 0 bridgehead atoms. The highest BCUT2D eigenvalue weighted by Crippen LogP contribution is 2.34. The van der Waals surface area contributed by atoms with Crippen LogP contribution in [0.4, 0.5) is 13.2 Å². The van der Waals surface area contributed by atoms with Crippen molar-refractivity contribution in [2.24, 2.45) is 0 Å². The first-order valence-electron chi connectivity index (χ1n) is 5.65. The molecular weight excluding hydrogens is 328 g/mol. The van der Waals surface area contributed by atoms with Gasteiger partial charge in [-0.1, -0.05) is 23.2 Å². The van der Waals surface area contributed by atoms with E-state index < -0.39 is 11.7 Å². The van der Waals surface area contributed by atoms with Gasteiger partial charge in [-0.15, -0.1) is 0 Å². The molecule has 0 saturated carbocycles. The fourth-order valence-electron chi connectivity index (χ4n) is 1.77. The zero-order valence-corrected chi connectivity index (χ0v) is 11.6. The minimum absolute atomic E-state index is 0.0109. The maximum Gasteiger partial charge on any atom is 0.416 e. The van der Waals surface area contributed by atoms with Gasteiger partial charge in [0.2, 0.25) is 5.89 Å². The van der Waals surface area contributed by atoms with E-state index in [9.17, 15) is 13.2 Å². The lowest BCUT2D eigenvalue weighted by molar-refractivity contribution is -0.137. The van der Waals surface area contributed by atoms with Crippen LogP contribution in [0.1, 0.15) is 5.56 Å². The SMILES string of the molecule is FC(F)(F)c1ccc2oc(-c3nc(Cl)ccc3Cl)nc2c1. The standard InChI is InChI=1S/C13H5Cl2F3N2O/c14-7-2-4-10(15)20-11(7)12-19-8-5-6(13(16,17)18)1-3-9(8)21-12/h1-5H. The molecule has 1 aromatic carbocycles. The van der Waals surface area contributed by atoms with Crippen LogP contribution in [0.25, 0.3) is 22.7 Å². The Balaban J connectivity index is 2.15. The lowest BCUT2D eigenvalue weighted by Crippen LogP contribution is -2.03. The van der Waals surface area contributed by atoms with Gasteiger partial charge in [0.15, 0.2) is 5.58 Å². The summed E-state index contributed by atoms with van der Waals surface area (Å²) in [4.78, 5) is 7.95. The Labute approximate surface area is 126 Å². The number of aromatic nitrogens is 2. The first kappa shape index (κ1) is 14.2. The van der Waals surface area contributed by atoms with Crippen molar-refractivity contribution in [1.29, 1.82) is 0 Å².